The number of rotatable bonds is 1. The summed E-state index contributed by atoms with van der Waals surface area (Å²) >= 11 is 12.2. The van der Waals surface area contributed by atoms with Crippen LogP contribution < -0.4 is 10.4 Å². The fourth-order valence-corrected chi connectivity index (χ4v) is 4.22. The van der Waals surface area contributed by atoms with Crippen LogP contribution >= 0.6 is 23.2 Å². The first-order chi connectivity index (χ1) is 10.3. The lowest BCUT2D eigenvalue weighted by molar-refractivity contribution is -0.317. The van der Waals surface area contributed by atoms with E-state index < -0.39 is 5.54 Å². The van der Waals surface area contributed by atoms with Gasteiger partial charge in [0.05, 0.1) is 10.6 Å². The molecule has 3 rings (SSSR count). The second kappa shape index (κ2) is 5.47. The number of nitrogens with one attached hydrogen (secondary N) is 1. The van der Waals surface area contributed by atoms with E-state index in [2.05, 4.69) is 12.2 Å². The predicted molar refractivity (Wildman–Crippen MR) is 86.6 cm³/mol. The van der Waals surface area contributed by atoms with Crippen molar-refractivity contribution in [2.75, 3.05) is 0 Å². The van der Waals surface area contributed by atoms with Crippen molar-refractivity contribution < 1.29 is 9.90 Å². The van der Waals surface area contributed by atoms with E-state index in [-0.39, 0.29) is 17.2 Å². The summed E-state index contributed by atoms with van der Waals surface area (Å²) in [5, 5.41) is 16.8. The topological polar surface area (TPSA) is 52.2 Å². The van der Waals surface area contributed by atoms with Crippen molar-refractivity contribution in [3.8, 4) is 0 Å². The van der Waals surface area contributed by atoms with Gasteiger partial charge in [-0.15, -0.1) is 0 Å². The van der Waals surface area contributed by atoms with E-state index in [9.17, 15) is 9.90 Å². The number of benzene rings is 1. The van der Waals surface area contributed by atoms with Gasteiger partial charge in [-0.2, -0.15) is 0 Å². The van der Waals surface area contributed by atoms with Crippen molar-refractivity contribution in [3.63, 3.8) is 0 Å². The standard InChI is InChI=1S/C17H19Cl2NO2/c1-9-3-5-17(6-4-9)15(21)14(16(22)20-17)13-10(2)7-11(18)8-12(13)19/h7-9,21H,3-6H2,1-2H3,(H,20,22)/p-1. The Morgan fingerprint density at radius 1 is 1.27 bits per heavy atom. The van der Waals surface area contributed by atoms with Gasteiger partial charge in [0, 0.05) is 16.2 Å². The molecule has 1 aliphatic heterocycles. The summed E-state index contributed by atoms with van der Waals surface area (Å²) in [6, 6.07) is 3.30. The molecule has 0 aromatic heterocycles. The zero-order valence-electron chi connectivity index (χ0n) is 12.6. The van der Waals surface area contributed by atoms with Gasteiger partial charge in [-0.25, -0.2) is 0 Å². The second-order valence-electron chi connectivity index (χ2n) is 6.50. The Hall–Kier alpha value is -1.19. The first-order valence-corrected chi connectivity index (χ1v) is 8.30. The van der Waals surface area contributed by atoms with Crippen molar-refractivity contribution in [1.82, 2.24) is 5.32 Å². The van der Waals surface area contributed by atoms with Crippen LogP contribution in [0.5, 0.6) is 0 Å². The van der Waals surface area contributed by atoms with Crippen LogP contribution in [-0.2, 0) is 4.79 Å². The first-order valence-electron chi connectivity index (χ1n) is 7.54. The van der Waals surface area contributed by atoms with E-state index in [1.54, 1.807) is 12.1 Å². The highest BCUT2D eigenvalue weighted by molar-refractivity contribution is 6.38. The smallest absolute Gasteiger partial charge is 0.251 e. The molecule has 1 N–H and O–H groups in total. The Morgan fingerprint density at radius 2 is 1.91 bits per heavy atom. The molecule has 1 amide bonds. The minimum atomic E-state index is -0.728. The molecular formula is C17H18Cl2NO2-. The van der Waals surface area contributed by atoms with Crippen LogP contribution in [0.1, 0.15) is 43.7 Å². The van der Waals surface area contributed by atoms with Crippen molar-refractivity contribution in [3.05, 3.63) is 39.1 Å². The summed E-state index contributed by atoms with van der Waals surface area (Å²) in [6.07, 6.45) is 3.30. The van der Waals surface area contributed by atoms with E-state index in [4.69, 9.17) is 23.2 Å². The molecular weight excluding hydrogens is 321 g/mol. The highest BCUT2D eigenvalue weighted by Gasteiger charge is 2.42. The van der Waals surface area contributed by atoms with E-state index in [1.807, 2.05) is 6.92 Å². The zero-order chi connectivity index (χ0) is 16.1. The molecule has 1 aromatic carbocycles. The summed E-state index contributed by atoms with van der Waals surface area (Å²) in [5.74, 6) is 0.170. The first kappa shape index (κ1) is 15.7. The Kier molecular flexibility index (Phi) is 3.90. The van der Waals surface area contributed by atoms with Crippen molar-refractivity contribution in [2.24, 2.45) is 5.92 Å². The van der Waals surface area contributed by atoms with Gasteiger partial charge in [-0.05, 0) is 56.2 Å². The highest BCUT2D eigenvalue weighted by Crippen LogP contribution is 2.43. The molecule has 22 heavy (non-hydrogen) atoms. The summed E-state index contributed by atoms with van der Waals surface area (Å²) in [5.41, 5.74) is 0.726. The number of carbonyl (C=O) groups is 1. The van der Waals surface area contributed by atoms with Crippen LogP contribution in [0.3, 0.4) is 0 Å². The molecule has 0 unspecified atom stereocenters. The van der Waals surface area contributed by atoms with Gasteiger partial charge >= 0.3 is 0 Å². The minimum Gasteiger partial charge on any atom is -0.873 e. The lowest BCUT2D eigenvalue weighted by atomic mass is 9.76. The van der Waals surface area contributed by atoms with Crippen molar-refractivity contribution >= 4 is 34.7 Å². The van der Waals surface area contributed by atoms with E-state index >= 15 is 0 Å². The maximum atomic E-state index is 13.0. The van der Waals surface area contributed by atoms with Gasteiger partial charge in [-0.1, -0.05) is 35.9 Å². The molecule has 0 saturated heterocycles. The van der Waals surface area contributed by atoms with Crippen LogP contribution in [0, 0.1) is 12.8 Å². The summed E-state index contributed by atoms with van der Waals surface area (Å²) in [7, 11) is 0. The Balaban J connectivity index is 2.10. The minimum absolute atomic E-state index is 0.114. The molecule has 1 aliphatic carbocycles. The molecule has 3 nitrogen and oxygen atoms in total. The van der Waals surface area contributed by atoms with E-state index in [1.165, 1.54) is 0 Å². The van der Waals surface area contributed by atoms with Gasteiger partial charge in [0.25, 0.3) is 5.91 Å². The average molecular weight is 339 g/mol. The van der Waals surface area contributed by atoms with Crippen LogP contribution in [0.15, 0.2) is 17.9 Å². The summed E-state index contributed by atoms with van der Waals surface area (Å²) < 4.78 is 0. The van der Waals surface area contributed by atoms with E-state index in [0.29, 0.717) is 34.4 Å². The molecule has 1 fully saturated rings. The third kappa shape index (κ3) is 2.40. The van der Waals surface area contributed by atoms with Gasteiger partial charge in [0.1, 0.15) is 0 Å². The molecule has 0 bridgehead atoms. The Labute approximate surface area is 140 Å². The number of halogens is 2. The highest BCUT2D eigenvalue weighted by atomic mass is 35.5. The van der Waals surface area contributed by atoms with Crippen LogP contribution in [0.4, 0.5) is 0 Å². The molecule has 1 heterocycles. The van der Waals surface area contributed by atoms with Crippen molar-refractivity contribution in [2.45, 2.75) is 45.1 Å². The van der Waals surface area contributed by atoms with Gasteiger partial charge in [0.15, 0.2) is 0 Å². The zero-order valence-corrected chi connectivity index (χ0v) is 14.1. The van der Waals surface area contributed by atoms with Gasteiger partial charge < -0.3 is 10.4 Å². The summed E-state index contributed by atoms with van der Waals surface area (Å²) in [4.78, 5) is 12.5. The number of hydrogen-bond acceptors (Lipinski definition) is 2. The Bertz CT molecular complexity index is 650. The third-order valence-corrected chi connectivity index (χ3v) is 5.39. The maximum absolute atomic E-state index is 13.0. The van der Waals surface area contributed by atoms with Crippen LogP contribution in [0.2, 0.25) is 10.0 Å². The largest absolute Gasteiger partial charge is 0.873 e. The lowest BCUT2D eigenvalue weighted by Gasteiger charge is -2.41. The normalized spacial score (nSPS) is 28.4. The molecule has 0 atom stereocenters. The fourth-order valence-electron chi connectivity index (χ4n) is 3.53. The van der Waals surface area contributed by atoms with Crippen molar-refractivity contribution in [1.29, 1.82) is 0 Å². The molecule has 1 saturated carbocycles. The predicted octanol–water partition coefficient (Wildman–Crippen LogP) is 3.45. The second-order valence-corrected chi connectivity index (χ2v) is 7.35. The number of aryl methyl sites for hydroxylation is 1. The quantitative estimate of drug-likeness (QED) is 0.852. The average Bonchev–Trinajstić information content (AvgIpc) is 2.66. The van der Waals surface area contributed by atoms with Crippen LogP contribution in [0.25, 0.3) is 5.57 Å². The monoisotopic (exact) mass is 338 g/mol. The third-order valence-electron chi connectivity index (χ3n) is 4.87. The number of carbonyl (C=O) groups excluding carboxylic acids is 1. The number of hydrogen-bond donors (Lipinski definition) is 1. The molecule has 118 valence electrons. The fraction of sp³-hybridized carbons (Fsp3) is 0.471. The SMILES string of the molecule is Cc1cc(Cl)cc(Cl)c1C1=C([O-])C2(CCC(C)CC2)NC1=O. The molecule has 0 radical (unpaired) electrons. The van der Waals surface area contributed by atoms with Crippen LogP contribution in [-0.4, -0.2) is 11.4 Å². The van der Waals surface area contributed by atoms with E-state index in [0.717, 1.165) is 18.4 Å². The molecule has 2 aliphatic rings. The molecule has 1 aromatic rings. The Morgan fingerprint density at radius 3 is 2.50 bits per heavy atom. The maximum Gasteiger partial charge on any atom is 0.251 e. The molecule has 1 spiro atoms. The summed E-state index contributed by atoms with van der Waals surface area (Å²) in [6.45, 7) is 3.99. The van der Waals surface area contributed by atoms with Gasteiger partial charge in [0.2, 0.25) is 0 Å². The number of amides is 1. The molecule has 5 heteroatoms. The lowest BCUT2D eigenvalue weighted by Crippen LogP contribution is -2.49. The van der Waals surface area contributed by atoms with Gasteiger partial charge in [-0.3, -0.25) is 4.79 Å².